The summed E-state index contributed by atoms with van der Waals surface area (Å²) in [5.74, 6) is 1.04. The van der Waals surface area contributed by atoms with E-state index >= 15 is 0 Å². The third-order valence-electron chi connectivity index (χ3n) is 3.69. The summed E-state index contributed by atoms with van der Waals surface area (Å²) >= 11 is 0. The fraction of sp³-hybridized carbons (Fsp3) is 0.600. The first-order valence-electron chi connectivity index (χ1n) is 6.74. The van der Waals surface area contributed by atoms with Gasteiger partial charge in [-0.15, -0.1) is 0 Å². The van der Waals surface area contributed by atoms with E-state index in [0.29, 0.717) is 0 Å². The van der Waals surface area contributed by atoms with Crippen LogP contribution in [0, 0.1) is 5.41 Å². The molecule has 0 saturated carbocycles. The third-order valence-corrected chi connectivity index (χ3v) is 3.69. The lowest BCUT2D eigenvalue weighted by Crippen LogP contribution is -2.32. The lowest BCUT2D eigenvalue weighted by atomic mass is 9.89. The first-order valence-corrected chi connectivity index (χ1v) is 6.74. The zero-order valence-corrected chi connectivity index (χ0v) is 11.5. The van der Waals surface area contributed by atoms with Gasteiger partial charge in [0.15, 0.2) is 0 Å². The van der Waals surface area contributed by atoms with Crippen LogP contribution in [0.1, 0.15) is 25.8 Å². The van der Waals surface area contributed by atoms with Crippen molar-refractivity contribution in [1.82, 2.24) is 4.90 Å². The van der Waals surface area contributed by atoms with Crippen molar-refractivity contribution < 1.29 is 4.74 Å². The van der Waals surface area contributed by atoms with Crippen LogP contribution >= 0.6 is 0 Å². The second-order valence-corrected chi connectivity index (χ2v) is 5.85. The first kappa shape index (κ1) is 13.4. The van der Waals surface area contributed by atoms with Crippen molar-refractivity contribution in [2.24, 2.45) is 11.1 Å². The number of hydrogen-bond donors (Lipinski definition) is 1. The second-order valence-electron chi connectivity index (χ2n) is 5.85. The Balaban J connectivity index is 1.96. The van der Waals surface area contributed by atoms with Gasteiger partial charge in [0.25, 0.3) is 0 Å². The van der Waals surface area contributed by atoms with Crippen LogP contribution in [0.4, 0.5) is 0 Å². The molecule has 3 nitrogen and oxygen atoms in total. The van der Waals surface area contributed by atoms with Crippen molar-refractivity contribution in [2.45, 2.75) is 26.8 Å². The monoisotopic (exact) mass is 248 g/mol. The average molecular weight is 248 g/mol. The second kappa shape index (κ2) is 5.72. The van der Waals surface area contributed by atoms with Crippen LogP contribution in [0.3, 0.4) is 0 Å². The summed E-state index contributed by atoms with van der Waals surface area (Å²) in [6, 6.07) is 8.33. The van der Waals surface area contributed by atoms with Crippen LogP contribution in [0.25, 0.3) is 0 Å². The van der Waals surface area contributed by atoms with Gasteiger partial charge in [0.05, 0.1) is 0 Å². The Morgan fingerprint density at radius 1 is 1.33 bits per heavy atom. The van der Waals surface area contributed by atoms with Crippen molar-refractivity contribution in [2.75, 3.05) is 26.2 Å². The van der Waals surface area contributed by atoms with Crippen molar-refractivity contribution in [3.63, 3.8) is 0 Å². The summed E-state index contributed by atoms with van der Waals surface area (Å²) in [4.78, 5) is 2.46. The number of ether oxygens (including phenoxy) is 1. The summed E-state index contributed by atoms with van der Waals surface area (Å²) in [6.07, 6.45) is 1.13. The molecule has 1 aliphatic heterocycles. The fourth-order valence-electron chi connectivity index (χ4n) is 2.13. The molecule has 0 amide bonds. The largest absolute Gasteiger partial charge is 0.492 e. The lowest BCUT2D eigenvalue weighted by molar-refractivity contribution is 0.195. The number of rotatable bonds is 4. The fourth-order valence-corrected chi connectivity index (χ4v) is 2.13. The molecule has 0 bridgehead atoms. The van der Waals surface area contributed by atoms with Crippen molar-refractivity contribution in [3.8, 4) is 5.75 Å². The van der Waals surface area contributed by atoms with Gasteiger partial charge in [0.2, 0.25) is 0 Å². The van der Waals surface area contributed by atoms with E-state index in [4.69, 9.17) is 10.5 Å². The van der Waals surface area contributed by atoms with Gasteiger partial charge in [-0.2, -0.15) is 0 Å². The van der Waals surface area contributed by atoms with Crippen LogP contribution in [0.2, 0.25) is 0 Å². The molecule has 0 saturated heterocycles. The predicted molar refractivity (Wildman–Crippen MR) is 74.7 cm³/mol. The standard InChI is InChI=1S/C15H24N2O/c1-15(2,12-16)7-8-17-9-10-18-14-6-4-3-5-13(14)11-17/h3-6H,7-12,16H2,1-2H3. The first-order chi connectivity index (χ1) is 8.61. The number of nitrogens with zero attached hydrogens (tertiary/aromatic N) is 1. The molecule has 1 aromatic carbocycles. The molecule has 0 atom stereocenters. The number of benzene rings is 1. The third kappa shape index (κ3) is 3.47. The summed E-state index contributed by atoms with van der Waals surface area (Å²) in [6.45, 7) is 9.05. The molecule has 0 spiro atoms. The SMILES string of the molecule is CC(C)(CN)CCN1CCOc2ccccc2C1. The van der Waals surface area contributed by atoms with E-state index in [-0.39, 0.29) is 5.41 Å². The molecule has 1 aromatic rings. The Bertz CT molecular complexity index is 390. The van der Waals surface area contributed by atoms with Crippen molar-refractivity contribution in [3.05, 3.63) is 29.8 Å². The maximum Gasteiger partial charge on any atom is 0.123 e. The Kier molecular flexibility index (Phi) is 4.25. The van der Waals surface area contributed by atoms with Crippen molar-refractivity contribution >= 4 is 0 Å². The highest BCUT2D eigenvalue weighted by atomic mass is 16.5. The van der Waals surface area contributed by atoms with E-state index in [1.807, 2.05) is 6.07 Å². The van der Waals surface area contributed by atoms with Gasteiger partial charge < -0.3 is 10.5 Å². The van der Waals surface area contributed by atoms with Gasteiger partial charge in [-0.05, 0) is 31.0 Å². The van der Waals surface area contributed by atoms with E-state index in [0.717, 1.165) is 45.0 Å². The van der Waals surface area contributed by atoms with Gasteiger partial charge in [0.1, 0.15) is 12.4 Å². The van der Waals surface area contributed by atoms with Gasteiger partial charge in [-0.25, -0.2) is 0 Å². The Hall–Kier alpha value is -1.06. The maximum absolute atomic E-state index is 5.79. The molecule has 0 aliphatic carbocycles. The topological polar surface area (TPSA) is 38.5 Å². The number of nitrogens with two attached hydrogens (primary N) is 1. The maximum atomic E-state index is 5.79. The van der Waals surface area contributed by atoms with E-state index in [9.17, 15) is 0 Å². The molecule has 0 radical (unpaired) electrons. The normalized spacial score (nSPS) is 16.8. The molecule has 0 unspecified atom stereocenters. The minimum absolute atomic E-state index is 0.229. The highest BCUT2D eigenvalue weighted by molar-refractivity contribution is 5.33. The minimum atomic E-state index is 0.229. The molecule has 0 fully saturated rings. The lowest BCUT2D eigenvalue weighted by Gasteiger charge is -2.27. The highest BCUT2D eigenvalue weighted by Crippen LogP contribution is 2.24. The van der Waals surface area contributed by atoms with Crippen LogP contribution in [-0.4, -0.2) is 31.1 Å². The summed E-state index contributed by atoms with van der Waals surface area (Å²) in [7, 11) is 0. The average Bonchev–Trinajstić information content (AvgIpc) is 2.58. The van der Waals surface area contributed by atoms with Crippen LogP contribution < -0.4 is 10.5 Å². The minimum Gasteiger partial charge on any atom is -0.492 e. The van der Waals surface area contributed by atoms with Crippen LogP contribution in [0.5, 0.6) is 5.75 Å². The molecular formula is C15H24N2O. The zero-order valence-electron chi connectivity index (χ0n) is 11.5. The van der Waals surface area contributed by atoms with E-state index in [1.54, 1.807) is 0 Å². The van der Waals surface area contributed by atoms with Crippen LogP contribution in [-0.2, 0) is 6.54 Å². The molecule has 2 rings (SSSR count). The van der Waals surface area contributed by atoms with Gasteiger partial charge in [-0.1, -0.05) is 32.0 Å². The molecule has 0 aromatic heterocycles. The zero-order chi connectivity index (χ0) is 13.0. The van der Waals surface area contributed by atoms with Gasteiger partial charge >= 0.3 is 0 Å². The molecule has 1 aliphatic rings. The van der Waals surface area contributed by atoms with Crippen molar-refractivity contribution in [1.29, 1.82) is 0 Å². The summed E-state index contributed by atoms with van der Waals surface area (Å²) < 4.78 is 5.77. The molecule has 3 heteroatoms. The molecule has 18 heavy (non-hydrogen) atoms. The molecule has 2 N–H and O–H groups in total. The Morgan fingerprint density at radius 3 is 2.89 bits per heavy atom. The Labute approximate surface area is 110 Å². The van der Waals surface area contributed by atoms with E-state index in [2.05, 4.69) is 36.9 Å². The number of fused-ring (bicyclic) bond motifs is 1. The van der Waals surface area contributed by atoms with Crippen LogP contribution in [0.15, 0.2) is 24.3 Å². The number of para-hydroxylation sites is 1. The summed E-state index contributed by atoms with van der Waals surface area (Å²) in [5.41, 5.74) is 7.31. The predicted octanol–water partition coefficient (Wildman–Crippen LogP) is 2.26. The van der Waals surface area contributed by atoms with E-state index < -0.39 is 0 Å². The smallest absolute Gasteiger partial charge is 0.123 e. The molecular weight excluding hydrogens is 224 g/mol. The number of hydrogen-bond acceptors (Lipinski definition) is 3. The Morgan fingerprint density at radius 2 is 2.11 bits per heavy atom. The highest BCUT2D eigenvalue weighted by Gasteiger charge is 2.19. The quantitative estimate of drug-likeness (QED) is 0.888. The van der Waals surface area contributed by atoms with Gasteiger partial charge in [-0.3, -0.25) is 4.90 Å². The van der Waals surface area contributed by atoms with E-state index in [1.165, 1.54) is 5.56 Å². The van der Waals surface area contributed by atoms with Gasteiger partial charge in [0, 0.05) is 18.7 Å². The summed E-state index contributed by atoms with van der Waals surface area (Å²) in [5, 5.41) is 0. The molecule has 1 heterocycles. The molecule has 100 valence electrons.